The zero-order chi connectivity index (χ0) is 26.1. The van der Waals surface area contributed by atoms with Gasteiger partial charge in [-0.25, -0.2) is 4.79 Å². The third-order valence-corrected chi connectivity index (χ3v) is 5.61. The number of aromatic amines is 1. The summed E-state index contributed by atoms with van der Waals surface area (Å²) in [5, 5.41) is 26.5. The minimum atomic E-state index is -1.53. The molecule has 3 amide bonds. The number of aliphatic hydroxyl groups is 1. The Labute approximate surface area is 207 Å². The van der Waals surface area contributed by atoms with Crippen molar-refractivity contribution in [3.05, 3.63) is 71.9 Å². The van der Waals surface area contributed by atoms with E-state index in [1.807, 2.05) is 54.6 Å². The maximum absolute atomic E-state index is 12.8. The number of aliphatic carboxylic acids is 1. The predicted octanol–water partition coefficient (Wildman–Crippen LogP) is -0.557. The monoisotopic (exact) mass is 495 g/mol. The lowest BCUT2D eigenvalue weighted by atomic mass is 10.0. The fraction of sp³-hybridized carbons (Fsp3) is 0.280. The van der Waals surface area contributed by atoms with Crippen LogP contribution in [0, 0.1) is 0 Å². The molecule has 0 bridgehead atoms. The van der Waals surface area contributed by atoms with Gasteiger partial charge < -0.3 is 36.9 Å². The Balaban J connectivity index is 1.65. The van der Waals surface area contributed by atoms with E-state index in [2.05, 4.69) is 20.9 Å². The van der Waals surface area contributed by atoms with Gasteiger partial charge in [0.25, 0.3) is 0 Å². The average Bonchev–Trinajstić information content (AvgIpc) is 3.28. The number of carboxylic acids is 1. The molecule has 0 saturated heterocycles. The van der Waals surface area contributed by atoms with Crippen molar-refractivity contribution in [3.8, 4) is 0 Å². The Morgan fingerprint density at radius 1 is 0.889 bits per heavy atom. The lowest BCUT2D eigenvalue weighted by molar-refractivity contribution is -0.143. The Hall–Kier alpha value is -4.22. The lowest BCUT2D eigenvalue weighted by Crippen LogP contribution is -2.55. The molecule has 0 spiro atoms. The number of rotatable bonds is 12. The molecular formula is C25H29N5O6. The molecule has 2 aromatic carbocycles. The number of aromatic nitrogens is 1. The van der Waals surface area contributed by atoms with Crippen molar-refractivity contribution in [2.24, 2.45) is 5.73 Å². The van der Waals surface area contributed by atoms with Gasteiger partial charge in [-0.15, -0.1) is 0 Å². The van der Waals surface area contributed by atoms with Gasteiger partial charge in [-0.2, -0.15) is 0 Å². The summed E-state index contributed by atoms with van der Waals surface area (Å²) in [6.45, 7) is -1.24. The van der Waals surface area contributed by atoms with E-state index in [9.17, 15) is 24.3 Å². The fourth-order valence-corrected chi connectivity index (χ4v) is 3.69. The molecule has 1 aromatic heterocycles. The van der Waals surface area contributed by atoms with Crippen LogP contribution >= 0.6 is 0 Å². The summed E-state index contributed by atoms with van der Waals surface area (Å²) < 4.78 is 0. The maximum atomic E-state index is 12.8. The molecule has 0 fully saturated rings. The number of carbonyl (C=O) groups is 4. The number of para-hydroxylation sites is 1. The zero-order valence-corrected chi connectivity index (χ0v) is 19.4. The van der Waals surface area contributed by atoms with Crippen LogP contribution in [-0.4, -0.2) is 70.2 Å². The van der Waals surface area contributed by atoms with Crippen LogP contribution in [0.25, 0.3) is 10.9 Å². The highest BCUT2D eigenvalue weighted by molar-refractivity contribution is 5.93. The first-order valence-electron chi connectivity index (χ1n) is 11.3. The Morgan fingerprint density at radius 3 is 2.28 bits per heavy atom. The second kappa shape index (κ2) is 12.5. The summed E-state index contributed by atoms with van der Waals surface area (Å²) in [7, 11) is 0. The summed E-state index contributed by atoms with van der Waals surface area (Å²) in [4.78, 5) is 52.1. The van der Waals surface area contributed by atoms with Gasteiger partial charge in [-0.05, 0) is 23.6 Å². The van der Waals surface area contributed by atoms with Crippen LogP contribution in [0.3, 0.4) is 0 Å². The smallest absolute Gasteiger partial charge is 0.328 e. The van der Waals surface area contributed by atoms with E-state index < -0.39 is 55.0 Å². The van der Waals surface area contributed by atoms with Crippen molar-refractivity contribution in [1.29, 1.82) is 0 Å². The number of hydrogen-bond acceptors (Lipinski definition) is 6. The molecule has 11 heteroatoms. The molecule has 3 rings (SSSR count). The number of amides is 3. The molecule has 0 radical (unpaired) electrons. The normalized spacial score (nSPS) is 13.4. The quantitative estimate of drug-likeness (QED) is 0.175. The van der Waals surface area contributed by atoms with Crippen molar-refractivity contribution in [3.63, 3.8) is 0 Å². The topological polar surface area (TPSA) is 187 Å². The minimum Gasteiger partial charge on any atom is -0.480 e. The predicted molar refractivity (Wildman–Crippen MR) is 132 cm³/mol. The van der Waals surface area contributed by atoms with Gasteiger partial charge in [0.05, 0.1) is 19.2 Å². The third kappa shape index (κ3) is 7.14. The van der Waals surface area contributed by atoms with Gasteiger partial charge in [0.1, 0.15) is 12.1 Å². The highest BCUT2D eigenvalue weighted by Crippen LogP contribution is 2.19. The molecule has 3 aromatic rings. The van der Waals surface area contributed by atoms with Gasteiger partial charge in [-0.3, -0.25) is 14.4 Å². The van der Waals surface area contributed by atoms with Crippen LogP contribution in [0.15, 0.2) is 60.8 Å². The standard InChI is InChI=1S/C25H29N5O6/c26-18(10-15-6-2-1-3-7-15)23(33)28-13-22(32)29-20(24(34)30-21(14-31)25(35)36)11-16-12-27-19-9-5-4-8-17(16)19/h1-9,12,18,20-21,27,31H,10-11,13-14,26H2,(H,28,33)(H,29,32)(H,30,34)(H,35,36). The molecule has 11 nitrogen and oxygen atoms in total. The van der Waals surface area contributed by atoms with Crippen molar-refractivity contribution in [2.75, 3.05) is 13.2 Å². The van der Waals surface area contributed by atoms with Gasteiger partial charge in [-0.1, -0.05) is 48.5 Å². The minimum absolute atomic E-state index is 0.0425. The van der Waals surface area contributed by atoms with Crippen LogP contribution in [0.1, 0.15) is 11.1 Å². The SMILES string of the molecule is NC(Cc1ccccc1)C(=O)NCC(=O)NC(Cc1c[nH]c2ccccc12)C(=O)NC(CO)C(=O)O. The van der Waals surface area contributed by atoms with E-state index in [4.69, 9.17) is 10.8 Å². The Bertz CT molecular complexity index is 1210. The molecule has 1 heterocycles. The van der Waals surface area contributed by atoms with E-state index in [0.29, 0.717) is 0 Å². The second-order valence-electron chi connectivity index (χ2n) is 8.28. The largest absolute Gasteiger partial charge is 0.480 e. The van der Waals surface area contributed by atoms with E-state index >= 15 is 0 Å². The molecule has 0 saturated carbocycles. The molecule has 8 N–H and O–H groups in total. The van der Waals surface area contributed by atoms with E-state index in [1.165, 1.54) is 0 Å². The number of nitrogens with two attached hydrogens (primary N) is 1. The second-order valence-corrected chi connectivity index (χ2v) is 8.28. The molecule has 0 aliphatic rings. The van der Waals surface area contributed by atoms with E-state index in [0.717, 1.165) is 22.0 Å². The fourth-order valence-electron chi connectivity index (χ4n) is 3.69. The van der Waals surface area contributed by atoms with Gasteiger partial charge >= 0.3 is 5.97 Å². The third-order valence-electron chi connectivity index (χ3n) is 5.61. The van der Waals surface area contributed by atoms with Crippen LogP contribution in [0.5, 0.6) is 0 Å². The molecule has 190 valence electrons. The molecule has 36 heavy (non-hydrogen) atoms. The Kier molecular flexibility index (Phi) is 9.14. The van der Waals surface area contributed by atoms with E-state index in [1.54, 1.807) is 6.20 Å². The van der Waals surface area contributed by atoms with Crippen LogP contribution in [0.4, 0.5) is 0 Å². The van der Waals surface area contributed by atoms with Crippen molar-refractivity contribution in [2.45, 2.75) is 31.0 Å². The van der Waals surface area contributed by atoms with Crippen LogP contribution in [0.2, 0.25) is 0 Å². The lowest BCUT2D eigenvalue weighted by Gasteiger charge is -2.21. The summed E-state index contributed by atoms with van der Waals surface area (Å²) in [6.07, 6.45) is 2.03. The van der Waals surface area contributed by atoms with Gasteiger partial charge in [0.15, 0.2) is 0 Å². The number of nitrogens with one attached hydrogen (secondary N) is 4. The average molecular weight is 496 g/mol. The number of H-pyrrole nitrogens is 1. The molecule has 3 unspecified atom stereocenters. The number of hydrogen-bond donors (Lipinski definition) is 7. The Morgan fingerprint density at radius 2 is 1.58 bits per heavy atom. The first-order chi connectivity index (χ1) is 17.3. The number of carbonyl (C=O) groups excluding carboxylic acids is 3. The number of aliphatic hydroxyl groups excluding tert-OH is 1. The first-order valence-corrected chi connectivity index (χ1v) is 11.3. The van der Waals surface area contributed by atoms with Crippen LogP contribution < -0.4 is 21.7 Å². The van der Waals surface area contributed by atoms with Crippen molar-refractivity contribution in [1.82, 2.24) is 20.9 Å². The van der Waals surface area contributed by atoms with Gasteiger partial charge in [0, 0.05) is 23.5 Å². The highest BCUT2D eigenvalue weighted by atomic mass is 16.4. The molecule has 0 aliphatic carbocycles. The summed E-state index contributed by atoms with van der Waals surface area (Å²) >= 11 is 0. The summed E-state index contributed by atoms with van der Waals surface area (Å²) in [5.74, 6) is -3.39. The van der Waals surface area contributed by atoms with Crippen molar-refractivity contribution >= 4 is 34.6 Å². The molecular weight excluding hydrogens is 466 g/mol. The first kappa shape index (κ1) is 26.4. The number of fused-ring (bicyclic) bond motifs is 1. The number of benzene rings is 2. The highest BCUT2D eigenvalue weighted by Gasteiger charge is 2.27. The van der Waals surface area contributed by atoms with Crippen molar-refractivity contribution < 1.29 is 29.4 Å². The van der Waals surface area contributed by atoms with E-state index in [-0.39, 0.29) is 12.8 Å². The van der Waals surface area contributed by atoms with Gasteiger partial charge in [0.2, 0.25) is 17.7 Å². The molecule has 3 atom stereocenters. The summed E-state index contributed by atoms with van der Waals surface area (Å²) in [5.41, 5.74) is 8.36. The maximum Gasteiger partial charge on any atom is 0.328 e. The van der Waals surface area contributed by atoms with Crippen LogP contribution in [-0.2, 0) is 32.0 Å². The summed E-state index contributed by atoms with van der Waals surface area (Å²) in [6, 6.07) is 13.0. The number of carboxylic acid groups (broad SMARTS) is 1. The molecule has 0 aliphatic heterocycles. The zero-order valence-electron chi connectivity index (χ0n) is 19.4.